The molecule has 0 saturated heterocycles. The summed E-state index contributed by atoms with van der Waals surface area (Å²) in [5.74, 6) is 0.850. The molecule has 1 amide bonds. The smallest absolute Gasteiger partial charge is 0.284 e. The van der Waals surface area contributed by atoms with Gasteiger partial charge < -0.3 is 10.2 Å². The highest BCUT2D eigenvalue weighted by Crippen LogP contribution is 2.30. The lowest BCUT2D eigenvalue weighted by molar-refractivity contribution is 0.0673. The van der Waals surface area contributed by atoms with Crippen LogP contribution in [0.1, 0.15) is 55.8 Å². The molecule has 112 valence electrons. The average molecular weight is 296 g/mol. The lowest BCUT2D eigenvalue weighted by Gasteiger charge is -2.33. The molecule has 1 aliphatic carbocycles. The first kappa shape index (κ1) is 15.2. The van der Waals surface area contributed by atoms with Crippen LogP contribution in [0.2, 0.25) is 0 Å². The van der Waals surface area contributed by atoms with Crippen molar-refractivity contribution in [3.05, 3.63) is 5.01 Å². The van der Waals surface area contributed by atoms with Crippen LogP contribution in [0.25, 0.3) is 0 Å². The van der Waals surface area contributed by atoms with Crippen LogP contribution in [-0.4, -0.2) is 40.6 Å². The molecule has 0 aliphatic heterocycles. The van der Waals surface area contributed by atoms with E-state index in [1.807, 2.05) is 18.9 Å². The molecule has 1 heterocycles. The quantitative estimate of drug-likeness (QED) is 0.907. The first-order chi connectivity index (χ1) is 9.65. The van der Waals surface area contributed by atoms with E-state index in [-0.39, 0.29) is 5.91 Å². The molecule has 5 nitrogen and oxygen atoms in total. The predicted molar refractivity (Wildman–Crippen MR) is 82.2 cm³/mol. The van der Waals surface area contributed by atoms with Gasteiger partial charge in [-0.05, 0) is 38.5 Å². The van der Waals surface area contributed by atoms with E-state index in [0.29, 0.717) is 11.0 Å². The topological polar surface area (TPSA) is 58.1 Å². The molecular weight excluding hydrogens is 272 g/mol. The van der Waals surface area contributed by atoms with Crippen molar-refractivity contribution in [1.29, 1.82) is 0 Å². The Kier molecular flexibility index (Phi) is 5.34. The van der Waals surface area contributed by atoms with Gasteiger partial charge in [-0.1, -0.05) is 24.7 Å². The fourth-order valence-electron chi connectivity index (χ4n) is 2.79. The number of aromatic nitrogens is 2. The third-order valence-electron chi connectivity index (χ3n) is 4.20. The zero-order chi connectivity index (χ0) is 14.5. The lowest BCUT2D eigenvalue weighted by atomic mass is 9.84. The molecule has 1 N–H and O–H groups in total. The Morgan fingerprint density at radius 1 is 1.30 bits per heavy atom. The van der Waals surface area contributed by atoms with Crippen molar-refractivity contribution >= 4 is 22.4 Å². The van der Waals surface area contributed by atoms with Crippen LogP contribution in [0.5, 0.6) is 0 Å². The van der Waals surface area contributed by atoms with E-state index in [1.54, 1.807) is 0 Å². The minimum absolute atomic E-state index is 0.00611. The number of nitrogens with zero attached hydrogens (tertiary/aromatic N) is 3. The van der Waals surface area contributed by atoms with Crippen LogP contribution in [0.4, 0.5) is 5.13 Å². The van der Waals surface area contributed by atoms with Crippen LogP contribution in [0.15, 0.2) is 0 Å². The fraction of sp³-hybridized carbons (Fsp3) is 0.786. The van der Waals surface area contributed by atoms with Gasteiger partial charge in [-0.25, -0.2) is 0 Å². The number of hydrogen-bond donors (Lipinski definition) is 1. The Morgan fingerprint density at radius 2 is 2.00 bits per heavy atom. The molecular formula is C14H24N4OS. The molecule has 2 rings (SSSR count). The maximum atomic E-state index is 12.4. The molecule has 0 radical (unpaired) electrons. The van der Waals surface area contributed by atoms with Gasteiger partial charge in [0.25, 0.3) is 5.91 Å². The SMILES string of the molecule is CCNc1nnc(C(=O)N(C)C2CCC(CC)CC2)s1. The molecule has 0 bridgehead atoms. The summed E-state index contributed by atoms with van der Waals surface area (Å²) in [5.41, 5.74) is 0. The van der Waals surface area contributed by atoms with Gasteiger partial charge in [0, 0.05) is 19.6 Å². The summed E-state index contributed by atoms with van der Waals surface area (Å²) in [7, 11) is 1.90. The van der Waals surface area contributed by atoms with Gasteiger partial charge in [0.15, 0.2) is 0 Å². The highest BCUT2D eigenvalue weighted by atomic mass is 32.1. The van der Waals surface area contributed by atoms with Crippen molar-refractivity contribution in [2.45, 2.75) is 52.0 Å². The molecule has 0 aromatic carbocycles. The van der Waals surface area contributed by atoms with Gasteiger partial charge >= 0.3 is 0 Å². The number of amides is 1. The summed E-state index contributed by atoms with van der Waals surface area (Å²) < 4.78 is 0. The third-order valence-corrected chi connectivity index (χ3v) is 5.07. The first-order valence-electron chi connectivity index (χ1n) is 7.50. The van der Waals surface area contributed by atoms with Gasteiger partial charge in [-0.2, -0.15) is 0 Å². The lowest BCUT2D eigenvalue weighted by Crippen LogP contribution is -2.39. The second kappa shape index (κ2) is 7.02. The fourth-order valence-corrected chi connectivity index (χ4v) is 3.58. The van der Waals surface area contributed by atoms with E-state index in [2.05, 4.69) is 22.4 Å². The number of rotatable bonds is 5. The van der Waals surface area contributed by atoms with Crippen LogP contribution in [-0.2, 0) is 0 Å². The van der Waals surface area contributed by atoms with Gasteiger partial charge in [0.1, 0.15) is 0 Å². The van der Waals surface area contributed by atoms with Crippen LogP contribution in [0.3, 0.4) is 0 Å². The number of carbonyl (C=O) groups is 1. The first-order valence-corrected chi connectivity index (χ1v) is 8.31. The predicted octanol–water partition coefficient (Wildman–Crippen LogP) is 3.01. The van der Waals surface area contributed by atoms with Crippen molar-refractivity contribution in [2.24, 2.45) is 5.92 Å². The van der Waals surface area contributed by atoms with E-state index >= 15 is 0 Å². The Morgan fingerprint density at radius 3 is 2.60 bits per heavy atom. The molecule has 1 aromatic heterocycles. The van der Waals surface area contributed by atoms with E-state index < -0.39 is 0 Å². The molecule has 6 heteroatoms. The summed E-state index contributed by atoms with van der Waals surface area (Å²) in [6.07, 6.45) is 5.95. The molecule has 0 spiro atoms. The van der Waals surface area contributed by atoms with Crippen molar-refractivity contribution < 1.29 is 4.79 Å². The molecule has 1 fully saturated rings. The standard InChI is InChI=1S/C14H24N4OS/c1-4-10-6-8-11(9-7-10)18(3)13(19)12-16-17-14(20-12)15-5-2/h10-11H,4-9H2,1-3H3,(H,15,17). The largest absolute Gasteiger partial charge is 0.360 e. The normalized spacial score (nSPS) is 22.6. The molecule has 1 saturated carbocycles. The van der Waals surface area contributed by atoms with Crippen LogP contribution < -0.4 is 5.32 Å². The number of carbonyl (C=O) groups excluding carboxylic acids is 1. The Labute approximate surface area is 124 Å². The van der Waals surface area contributed by atoms with Crippen molar-refractivity contribution in [3.8, 4) is 0 Å². The van der Waals surface area contributed by atoms with Gasteiger partial charge in [-0.15, -0.1) is 10.2 Å². The third kappa shape index (κ3) is 3.48. The van der Waals surface area contributed by atoms with Crippen molar-refractivity contribution in [1.82, 2.24) is 15.1 Å². The summed E-state index contributed by atoms with van der Waals surface area (Å²) >= 11 is 1.34. The molecule has 1 aliphatic rings. The van der Waals surface area contributed by atoms with E-state index in [1.165, 1.54) is 30.6 Å². The highest BCUT2D eigenvalue weighted by molar-refractivity contribution is 7.17. The Balaban J connectivity index is 1.94. The second-order valence-corrected chi connectivity index (χ2v) is 6.42. The van der Waals surface area contributed by atoms with Crippen molar-refractivity contribution in [3.63, 3.8) is 0 Å². The summed E-state index contributed by atoms with van der Waals surface area (Å²) in [5, 5.41) is 12.3. The van der Waals surface area contributed by atoms with E-state index in [9.17, 15) is 4.79 Å². The Hall–Kier alpha value is -1.17. The second-order valence-electron chi connectivity index (χ2n) is 5.44. The zero-order valence-corrected chi connectivity index (χ0v) is 13.4. The monoisotopic (exact) mass is 296 g/mol. The number of anilines is 1. The van der Waals surface area contributed by atoms with E-state index in [4.69, 9.17) is 0 Å². The van der Waals surface area contributed by atoms with Crippen LogP contribution >= 0.6 is 11.3 Å². The van der Waals surface area contributed by atoms with Crippen molar-refractivity contribution in [2.75, 3.05) is 18.9 Å². The molecule has 0 atom stereocenters. The zero-order valence-electron chi connectivity index (χ0n) is 12.6. The minimum Gasteiger partial charge on any atom is -0.360 e. The number of nitrogens with one attached hydrogen (secondary N) is 1. The summed E-state index contributed by atoms with van der Waals surface area (Å²) in [4.78, 5) is 14.3. The van der Waals surface area contributed by atoms with E-state index in [0.717, 1.165) is 30.4 Å². The molecule has 20 heavy (non-hydrogen) atoms. The minimum atomic E-state index is 0.00611. The highest BCUT2D eigenvalue weighted by Gasteiger charge is 2.28. The van der Waals surface area contributed by atoms with Gasteiger partial charge in [0.2, 0.25) is 10.1 Å². The molecule has 1 aromatic rings. The maximum absolute atomic E-state index is 12.4. The number of hydrogen-bond acceptors (Lipinski definition) is 5. The molecule has 0 unspecified atom stereocenters. The van der Waals surface area contributed by atoms with Gasteiger partial charge in [0.05, 0.1) is 0 Å². The Bertz CT molecular complexity index is 440. The average Bonchev–Trinajstić information content (AvgIpc) is 2.95. The maximum Gasteiger partial charge on any atom is 0.284 e. The summed E-state index contributed by atoms with van der Waals surface area (Å²) in [6, 6.07) is 0.358. The van der Waals surface area contributed by atoms with Crippen LogP contribution in [0, 0.1) is 5.92 Å². The van der Waals surface area contributed by atoms with Gasteiger partial charge in [-0.3, -0.25) is 4.79 Å². The summed E-state index contributed by atoms with van der Waals surface area (Å²) in [6.45, 7) is 5.05.